The first-order valence-electron chi connectivity index (χ1n) is 4.48. The number of rotatable bonds is 1. The van der Waals surface area contributed by atoms with Gasteiger partial charge >= 0.3 is 0 Å². The molecule has 0 saturated heterocycles. The lowest BCUT2D eigenvalue weighted by atomic mass is 10.1. The predicted molar refractivity (Wildman–Crippen MR) is 92.7 cm³/mol. The van der Waals surface area contributed by atoms with Crippen LogP contribution in [0.15, 0.2) is 45.3 Å². The van der Waals surface area contributed by atoms with Gasteiger partial charge in [-0.15, -0.1) is 0 Å². The average molecular weight is 564 g/mol. The number of halogens is 4. The lowest BCUT2D eigenvalue weighted by Gasteiger charge is -2.08. The topological polar surface area (TPSA) is 0 Å². The fraction of sp³-hybridized carbons (Fsp3) is 0. The summed E-state index contributed by atoms with van der Waals surface area (Å²) in [6.07, 6.45) is 0. The van der Waals surface area contributed by atoms with Crippen molar-refractivity contribution in [2.75, 3.05) is 0 Å². The van der Waals surface area contributed by atoms with Crippen LogP contribution in [0, 0.1) is 7.14 Å². The minimum Gasteiger partial charge on any atom is -0.0502 e. The van der Waals surface area contributed by atoms with E-state index in [0.29, 0.717) is 0 Å². The summed E-state index contributed by atoms with van der Waals surface area (Å²) in [7, 11) is 0. The van der Waals surface area contributed by atoms with Crippen molar-refractivity contribution in [3.8, 4) is 11.1 Å². The second-order valence-electron chi connectivity index (χ2n) is 3.25. The standard InChI is InChI=1S/C12H6Br2I2/c13-11-3-1-7(15)5-9(11)10-6-8(16)2-4-12(10)14/h1-6H. The van der Waals surface area contributed by atoms with Crippen molar-refractivity contribution in [3.05, 3.63) is 52.5 Å². The molecule has 2 aromatic rings. The van der Waals surface area contributed by atoms with Crippen molar-refractivity contribution < 1.29 is 0 Å². The Morgan fingerprint density at radius 3 is 1.44 bits per heavy atom. The Morgan fingerprint density at radius 2 is 1.06 bits per heavy atom. The molecule has 0 aromatic heterocycles. The molecule has 82 valence electrons. The lowest BCUT2D eigenvalue weighted by molar-refractivity contribution is 1.52. The molecule has 0 nitrogen and oxygen atoms in total. The zero-order valence-corrected chi connectivity index (χ0v) is 15.5. The van der Waals surface area contributed by atoms with E-state index in [-0.39, 0.29) is 0 Å². The molecule has 0 fully saturated rings. The third-order valence-corrected chi connectivity index (χ3v) is 4.87. The molecule has 0 radical (unpaired) electrons. The molecule has 0 saturated carbocycles. The Hall–Kier alpha value is 0.860. The zero-order valence-electron chi connectivity index (χ0n) is 7.98. The van der Waals surface area contributed by atoms with Gasteiger partial charge in [0.1, 0.15) is 0 Å². The van der Waals surface area contributed by atoms with Crippen LogP contribution in [0.1, 0.15) is 0 Å². The first-order valence-corrected chi connectivity index (χ1v) is 8.23. The maximum atomic E-state index is 3.60. The van der Waals surface area contributed by atoms with Gasteiger partial charge in [0.15, 0.2) is 0 Å². The molecule has 4 heteroatoms. The normalized spacial score (nSPS) is 10.5. The van der Waals surface area contributed by atoms with Gasteiger partial charge in [-0.25, -0.2) is 0 Å². The molecule has 0 amide bonds. The summed E-state index contributed by atoms with van der Waals surface area (Å²) >= 11 is 11.9. The quantitative estimate of drug-likeness (QED) is 0.369. The Labute approximate surface area is 139 Å². The molecular weight excluding hydrogens is 558 g/mol. The van der Waals surface area contributed by atoms with E-state index in [0.717, 1.165) is 8.95 Å². The molecule has 2 rings (SSSR count). The molecule has 0 unspecified atom stereocenters. The Balaban J connectivity index is 2.66. The number of hydrogen-bond donors (Lipinski definition) is 0. The van der Waals surface area contributed by atoms with E-state index >= 15 is 0 Å². The van der Waals surface area contributed by atoms with E-state index in [9.17, 15) is 0 Å². The summed E-state index contributed by atoms with van der Waals surface area (Å²) in [4.78, 5) is 0. The van der Waals surface area contributed by atoms with Gasteiger partial charge in [0.2, 0.25) is 0 Å². The smallest absolute Gasteiger partial charge is 0.0254 e. The summed E-state index contributed by atoms with van der Waals surface area (Å²) < 4.78 is 4.72. The van der Waals surface area contributed by atoms with Crippen molar-refractivity contribution in [3.63, 3.8) is 0 Å². The summed E-state index contributed by atoms with van der Waals surface area (Å²) in [5.74, 6) is 0. The molecule has 0 aliphatic heterocycles. The van der Waals surface area contributed by atoms with Gasteiger partial charge in [-0.1, -0.05) is 31.9 Å². The third kappa shape index (κ3) is 3.00. The van der Waals surface area contributed by atoms with E-state index < -0.39 is 0 Å². The Morgan fingerprint density at radius 1 is 0.688 bits per heavy atom. The first kappa shape index (κ1) is 13.3. The number of benzene rings is 2. The fourth-order valence-electron chi connectivity index (χ4n) is 1.41. The van der Waals surface area contributed by atoms with E-state index in [1.165, 1.54) is 18.3 Å². The molecule has 0 bridgehead atoms. The maximum Gasteiger partial charge on any atom is 0.0254 e. The first-order chi connectivity index (χ1) is 7.58. The van der Waals surface area contributed by atoms with Gasteiger partial charge in [-0.3, -0.25) is 0 Å². The zero-order chi connectivity index (χ0) is 11.7. The second-order valence-corrected chi connectivity index (χ2v) is 7.45. The van der Waals surface area contributed by atoms with Gasteiger partial charge in [-0.05, 0) is 92.7 Å². The summed E-state index contributed by atoms with van der Waals surface area (Å²) in [5, 5.41) is 0. The van der Waals surface area contributed by atoms with E-state index in [1.807, 2.05) is 0 Å². The molecule has 16 heavy (non-hydrogen) atoms. The van der Waals surface area contributed by atoms with Crippen molar-refractivity contribution in [2.24, 2.45) is 0 Å². The van der Waals surface area contributed by atoms with Gasteiger partial charge in [0.25, 0.3) is 0 Å². The van der Waals surface area contributed by atoms with E-state index in [2.05, 4.69) is 113 Å². The van der Waals surface area contributed by atoms with Gasteiger partial charge < -0.3 is 0 Å². The average Bonchev–Trinajstić information content (AvgIpc) is 2.25. The van der Waals surface area contributed by atoms with E-state index in [1.54, 1.807) is 0 Å². The molecule has 0 heterocycles. The van der Waals surface area contributed by atoms with Crippen LogP contribution in [0.4, 0.5) is 0 Å². The minimum absolute atomic E-state index is 1.12. The molecule has 0 atom stereocenters. The van der Waals surface area contributed by atoms with Crippen molar-refractivity contribution in [1.29, 1.82) is 0 Å². The monoisotopic (exact) mass is 562 g/mol. The SMILES string of the molecule is Brc1ccc(I)cc1-c1cc(I)ccc1Br. The second kappa shape index (κ2) is 5.67. The number of hydrogen-bond acceptors (Lipinski definition) is 0. The van der Waals surface area contributed by atoms with Crippen LogP contribution in [0.3, 0.4) is 0 Å². The summed E-state index contributed by atoms with van der Waals surface area (Å²) in [5.41, 5.74) is 2.44. The molecular formula is C12H6Br2I2. The van der Waals surface area contributed by atoms with Crippen molar-refractivity contribution >= 4 is 77.0 Å². The third-order valence-electron chi connectivity index (χ3n) is 2.15. The highest BCUT2D eigenvalue weighted by Gasteiger charge is 2.08. The molecule has 0 spiro atoms. The van der Waals surface area contributed by atoms with Crippen LogP contribution >= 0.6 is 77.0 Å². The van der Waals surface area contributed by atoms with Gasteiger partial charge in [0, 0.05) is 16.1 Å². The molecule has 0 aliphatic rings. The maximum absolute atomic E-state index is 3.60. The minimum atomic E-state index is 1.12. The van der Waals surface area contributed by atoms with Crippen LogP contribution in [-0.2, 0) is 0 Å². The van der Waals surface area contributed by atoms with Gasteiger partial charge in [-0.2, -0.15) is 0 Å². The Kier molecular flexibility index (Phi) is 4.71. The molecule has 0 N–H and O–H groups in total. The lowest BCUT2D eigenvalue weighted by Crippen LogP contribution is -1.84. The van der Waals surface area contributed by atoms with Crippen LogP contribution in [0.2, 0.25) is 0 Å². The van der Waals surface area contributed by atoms with Crippen LogP contribution < -0.4 is 0 Å². The summed E-state index contributed by atoms with van der Waals surface area (Å²) in [6.45, 7) is 0. The van der Waals surface area contributed by atoms with E-state index in [4.69, 9.17) is 0 Å². The largest absolute Gasteiger partial charge is 0.0502 e. The molecule has 0 aliphatic carbocycles. The highest BCUT2D eigenvalue weighted by Crippen LogP contribution is 2.35. The molecule has 2 aromatic carbocycles. The van der Waals surface area contributed by atoms with Crippen molar-refractivity contribution in [2.45, 2.75) is 0 Å². The Bertz CT molecular complexity index is 489. The highest BCUT2D eigenvalue weighted by molar-refractivity contribution is 14.1. The highest BCUT2D eigenvalue weighted by atomic mass is 127. The van der Waals surface area contributed by atoms with Gasteiger partial charge in [0.05, 0.1) is 0 Å². The predicted octanol–water partition coefficient (Wildman–Crippen LogP) is 6.09. The van der Waals surface area contributed by atoms with Crippen LogP contribution in [0.5, 0.6) is 0 Å². The van der Waals surface area contributed by atoms with Crippen molar-refractivity contribution in [1.82, 2.24) is 0 Å². The fourth-order valence-corrected chi connectivity index (χ4v) is 3.31. The van der Waals surface area contributed by atoms with Crippen LogP contribution in [-0.4, -0.2) is 0 Å². The summed E-state index contributed by atoms with van der Waals surface area (Å²) in [6, 6.07) is 12.7. The van der Waals surface area contributed by atoms with Crippen LogP contribution in [0.25, 0.3) is 11.1 Å².